The Morgan fingerprint density at radius 1 is 1.52 bits per heavy atom. The van der Waals surface area contributed by atoms with E-state index in [1.807, 2.05) is 0 Å². The van der Waals surface area contributed by atoms with E-state index in [0.717, 1.165) is 10.9 Å². The minimum atomic E-state index is -3.27. The maximum Gasteiger partial charge on any atom is 0.280 e. The summed E-state index contributed by atoms with van der Waals surface area (Å²) in [7, 11) is 0. The van der Waals surface area contributed by atoms with Gasteiger partial charge in [0.15, 0.2) is 23.0 Å². The molecule has 0 aliphatic carbocycles. The number of aromatic amines is 1. The number of aromatic nitrogens is 4. The number of alkyl halides is 2. The molecular formula is C11H13F2N5O5. The van der Waals surface area contributed by atoms with Gasteiger partial charge in [0.05, 0.1) is 12.9 Å². The molecule has 1 aliphatic rings. The van der Waals surface area contributed by atoms with Gasteiger partial charge in [-0.25, -0.2) is 13.8 Å². The van der Waals surface area contributed by atoms with Crippen LogP contribution < -0.4 is 11.3 Å². The predicted octanol–water partition coefficient (Wildman–Crippen LogP) is -2.05. The van der Waals surface area contributed by atoms with E-state index in [4.69, 9.17) is 10.5 Å². The number of nitrogens with two attached hydrogens (primary N) is 1. The largest absolute Gasteiger partial charge is 0.393 e. The Bertz CT molecular complexity index is 795. The van der Waals surface area contributed by atoms with Crippen molar-refractivity contribution in [1.29, 1.82) is 0 Å². The molecule has 0 spiro atoms. The van der Waals surface area contributed by atoms with E-state index in [1.54, 1.807) is 0 Å². The quantitative estimate of drug-likeness (QED) is 0.429. The molecule has 3 rings (SSSR count). The third-order valence-electron chi connectivity index (χ3n) is 3.80. The summed E-state index contributed by atoms with van der Waals surface area (Å²) >= 11 is 0. The fourth-order valence-electron chi connectivity index (χ4n) is 2.54. The van der Waals surface area contributed by atoms with Crippen molar-refractivity contribution in [2.75, 3.05) is 12.3 Å². The Morgan fingerprint density at radius 3 is 2.78 bits per heavy atom. The van der Waals surface area contributed by atoms with Gasteiger partial charge in [-0.3, -0.25) is 14.3 Å². The van der Waals surface area contributed by atoms with Crippen LogP contribution in [0.15, 0.2) is 11.1 Å². The summed E-state index contributed by atoms with van der Waals surface area (Å²) in [5, 5.41) is 29.1. The number of nitrogen functional groups attached to an aromatic ring is 1. The standard InChI is InChI=1S/C11H13F2N5O5/c12-9(13)11(1-19)5(21)4(20)8(23-11)18-2-15-3-6(18)16-10(14)17-7(3)22/h2,4-5,8-9,19-21H,1H2,(H3,14,16,17,22)/t4-,5+,8-,11-/m1/s1. The third-order valence-corrected chi connectivity index (χ3v) is 3.80. The lowest BCUT2D eigenvalue weighted by atomic mass is 9.96. The number of nitrogens with zero attached hydrogens (tertiary/aromatic N) is 3. The van der Waals surface area contributed by atoms with Crippen molar-refractivity contribution in [2.45, 2.75) is 30.5 Å². The van der Waals surface area contributed by atoms with Gasteiger partial charge in [0.1, 0.15) is 12.2 Å². The molecule has 23 heavy (non-hydrogen) atoms. The second-order valence-corrected chi connectivity index (χ2v) is 5.13. The fourth-order valence-corrected chi connectivity index (χ4v) is 2.54. The van der Waals surface area contributed by atoms with Gasteiger partial charge in [0, 0.05) is 0 Å². The molecule has 0 saturated carbocycles. The molecule has 0 bridgehead atoms. The summed E-state index contributed by atoms with van der Waals surface area (Å²) in [6, 6.07) is 0. The number of hydrogen-bond acceptors (Lipinski definition) is 8. The Labute approximate surface area is 126 Å². The average Bonchev–Trinajstić information content (AvgIpc) is 3.01. The van der Waals surface area contributed by atoms with Crippen molar-refractivity contribution in [3.63, 3.8) is 0 Å². The highest BCUT2D eigenvalue weighted by Crippen LogP contribution is 2.41. The number of aliphatic hydroxyl groups is 3. The van der Waals surface area contributed by atoms with Crippen molar-refractivity contribution in [3.05, 3.63) is 16.7 Å². The Morgan fingerprint density at radius 2 is 2.22 bits per heavy atom. The van der Waals surface area contributed by atoms with Crippen LogP contribution in [0, 0.1) is 0 Å². The number of fused-ring (bicyclic) bond motifs is 1. The van der Waals surface area contributed by atoms with Crippen molar-refractivity contribution >= 4 is 17.1 Å². The number of nitrogens with one attached hydrogen (secondary N) is 1. The van der Waals surface area contributed by atoms with Crippen LogP contribution in [-0.4, -0.2) is 65.7 Å². The molecule has 1 saturated heterocycles. The van der Waals surface area contributed by atoms with Gasteiger partial charge in [0.25, 0.3) is 12.0 Å². The minimum Gasteiger partial charge on any atom is -0.393 e. The highest BCUT2D eigenvalue weighted by atomic mass is 19.3. The molecule has 2 aromatic rings. The van der Waals surface area contributed by atoms with E-state index >= 15 is 0 Å². The molecular weight excluding hydrogens is 320 g/mol. The first-order valence-corrected chi connectivity index (χ1v) is 6.47. The van der Waals surface area contributed by atoms with Gasteiger partial charge in [-0.1, -0.05) is 0 Å². The zero-order valence-corrected chi connectivity index (χ0v) is 11.4. The molecule has 1 aliphatic heterocycles. The Balaban J connectivity index is 2.11. The summed E-state index contributed by atoms with van der Waals surface area (Å²) in [5.74, 6) is -0.250. The fraction of sp³-hybridized carbons (Fsp3) is 0.545. The molecule has 12 heteroatoms. The van der Waals surface area contributed by atoms with E-state index in [-0.39, 0.29) is 17.1 Å². The second kappa shape index (κ2) is 5.19. The molecule has 0 unspecified atom stereocenters. The lowest BCUT2D eigenvalue weighted by Crippen LogP contribution is -2.52. The zero-order chi connectivity index (χ0) is 16.9. The summed E-state index contributed by atoms with van der Waals surface area (Å²) < 4.78 is 32.5. The first-order valence-electron chi connectivity index (χ1n) is 6.47. The maximum absolute atomic E-state index is 13.2. The number of hydrogen-bond donors (Lipinski definition) is 5. The summed E-state index contributed by atoms with van der Waals surface area (Å²) in [4.78, 5) is 21.5. The van der Waals surface area contributed by atoms with Crippen LogP contribution in [0.25, 0.3) is 11.2 Å². The summed E-state index contributed by atoms with van der Waals surface area (Å²) in [6.45, 7) is -1.22. The Hall–Kier alpha value is -2.15. The average molecular weight is 333 g/mol. The normalized spacial score (nSPS) is 31.3. The second-order valence-electron chi connectivity index (χ2n) is 5.13. The van der Waals surface area contributed by atoms with Gasteiger partial charge < -0.3 is 25.8 Å². The molecule has 4 atom stereocenters. The van der Waals surface area contributed by atoms with Gasteiger partial charge in [0.2, 0.25) is 5.95 Å². The number of halogens is 2. The lowest BCUT2D eigenvalue weighted by Gasteiger charge is -2.28. The van der Waals surface area contributed by atoms with Gasteiger partial charge in [-0.2, -0.15) is 4.98 Å². The van der Waals surface area contributed by atoms with Crippen molar-refractivity contribution < 1.29 is 28.8 Å². The molecule has 0 radical (unpaired) electrons. The van der Waals surface area contributed by atoms with Crippen LogP contribution in [-0.2, 0) is 4.74 Å². The van der Waals surface area contributed by atoms with E-state index < -0.39 is 42.6 Å². The molecule has 1 fully saturated rings. The molecule has 10 nitrogen and oxygen atoms in total. The molecule has 126 valence electrons. The van der Waals surface area contributed by atoms with Crippen LogP contribution in [0.4, 0.5) is 14.7 Å². The molecule has 0 aromatic carbocycles. The highest BCUT2D eigenvalue weighted by molar-refractivity contribution is 5.70. The third kappa shape index (κ3) is 2.10. The van der Waals surface area contributed by atoms with Gasteiger partial charge in [-0.05, 0) is 0 Å². The van der Waals surface area contributed by atoms with E-state index in [1.165, 1.54) is 0 Å². The number of H-pyrrole nitrogens is 1. The van der Waals surface area contributed by atoms with Crippen LogP contribution >= 0.6 is 0 Å². The van der Waals surface area contributed by atoms with Crippen LogP contribution in [0.2, 0.25) is 0 Å². The number of ether oxygens (including phenoxy) is 1. The zero-order valence-electron chi connectivity index (χ0n) is 11.4. The van der Waals surface area contributed by atoms with Crippen LogP contribution in [0.1, 0.15) is 6.23 Å². The number of imidazole rings is 1. The Kier molecular flexibility index (Phi) is 3.55. The monoisotopic (exact) mass is 333 g/mol. The van der Waals surface area contributed by atoms with Crippen molar-refractivity contribution in [2.24, 2.45) is 0 Å². The van der Waals surface area contributed by atoms with Crippen LogP contribution in [0.5, 0.6) is 0 Å². The van der Waals surface area contributed by atoms with Crippen molar-refractivity contribution in [3.8, 4) is 0 Å². The molecule has 6 N–H and O–H groups in total. The van der Waals surface area contributed by atoms with Crippen molar-refractivity contribution in [1.82, 2.24) is 19.5 Å². The summed E-state index contributed by atoms with van der Waals surface area (Å²) in [6.07, 6.45) is -7.64. The molecule has 3 heterocycles. The van der Waals surface area contributed by atoms with E-state index in [9.17, 15) is 28.9 Å². The maximum atomic E-state index is 13.2. The number of aliphatic hydroxyl groups excluding tert-OH is 3. The van der Waals surface area contributed by atoms with E-state index in [0.29, 0.717) is 0 Å². The van der Waals surface area contributed by atoms with Crippen LogP contribution in [0.3, 0.4) is 0 Å². The van der Waals surface area contributed by atoms with E-state index in [2.05, 4.69) is 15.0 Å². The number of anilines is 1. The summed E-state index contributed by atoms with van der Waals surface area (Å²) in [5.41, 5.74) is 1.83. The lowest BCUT2D eigenvalue weighted by molar-refractivity contribution is -0.194. The predicted molar refractivity (Wildman–Crippen MR) is 70.5 cm³/mol. The molecule has 2 aromatic heterocycles. The smallest absolute Gasteiger partial charge is 0.280 e. The topological polar surface area (TPSA) is 160 Å². The minimum absolute atomic E-state index is 0.120. The molecule has 0 amide bonds. The SMILES string of the molecule is Nc1nc2c(ncn2[C@@H]2O[C@@](CO)(C(F)F)[C@@H](O)[C@H]2O)c(=O)[nH]1. The van der Waals surface area contributed by atoms with Gasteiger partial charge >= 0.3 is 0 Å². The highest BCUT2D eigenvalue weighted by Gasteiger charge is 2.60. The van der Waals surface area contributed by atoms with Gasteiger partial charge in [-0.15, -0.1) is 0 Å². The number of rotatable bonds is 3. The first kappa shape index (κ1) is 15.7. The first-order chi connectivity index (χ1) is 10.8.